The summed E-state index contributed by atoms with van der Waals surface area (Å²) in [4.78, 5) is 17.0. The van der Waals surface area contributed by atoms with E-state index in [4.69, 9.17) is 14.2 Å². The number of aromatic nitrogens is 1. The number of nitrogens with zero attached hydrogens (tertiary/aromatic N) is 1. The monoisotopic (exact) mass is 426 g/mol. The van der Waals surface area contributed by atoms with Gasteiger partial charge in [0.1, 0.15) is 0 Å². The standard InChI is InChI=1S/C23H26N2O4S/c1-14-6-8-17(10-15(14)2)18-13-30-23(24-18)25-21(26)9-7-16-11-19(27-3)22(29-5)20(12-16)28-4/h6,8,10-13H,7,9H2,1-5H3,(H,24,25,26). The first-order valence-corrected chi connectivity index (χ1v) is 10.4. The molecule has 0 unspecified atom stereocenters. The van der Waals surface area contributed by atoms with Crippen molar-refractivity contribution in [2.75, 3.05) is 26.6 Å². The van der Waals surface area contributed by atoms with E-state index in [1.807, 2.05) is 23.6 Å². The summed E-state index contributed by atoms with van der Waals surface area (Å²) < 4.78 is 16.1. The fraction of sp³-hybridized carbons (Fsp3) is 0.304. The molecule has 0 spiro atoms. The molecule has 2 aromatic carbocycles. The number of ether oxygens (including phenoxy) is 3. The molecule has 3 rings (SSSR count). The van der Waals surface area contributed by atoms with Gasteiger partial charge in [-0.2, -0.15) is 0 Å². The van der Waals surface area contributed by atoms with Crippen LogP contribution in [0.15, 0.2) is 35.7 Å². The zero-order chi connectivity index (χ0) is 21.7. The third-order valence-corrected chi connectivity index (χ3v) is 5.68. The van der Waals surface area contributed by atoms with Crippen LogP contribution in [0.3, 0.4) is 0 Å². The quantitative estimate of drug-likeness (QED) is 0.547. The molecule has 0 aliphatic carbocycles. The van der Waals surface area contributed by atoms with Crippen LogP contribution in [0.5, 0.6) is 17.2 Å². The predicted molar refractivity (Wildman–Crippen MR) is 120 cm³/mol. The smallest absolute Gasteiger partial charge is 0.226 e. The van der Waals surface area contributed by atoms with Crippen molar-refractivity contribution in [1.29, 1.82) is 0 Å². The summed E-state index contributed by atoms with van der Waals surface area (Å²) in [5, 5.41) is 5.44. The Balaban J connectivity index is 1.64. The van der Waals surface area contributed by atoms with Crippen molar-refractivity contribution < 1.29 is 19.0 Å². The van der Waals surface area contributed by atoms with E-state index in [2.05, 4.69) is 36.3 Å². The van der Waals surface area contributed by atoms with Gasteiger partial charge >= 0.3 is 0 Å². The van der Waals surface area contributed by atoms with E-state index in [9.17, 15) is 4.79 Å². The summed E-state index contributed by atoms with van der Waals surface area (Å²) in [6, 6.07) is 9.96. The Bertz CT molecular complexity index is 1020. The van der Waals surface area contributed by atoms with Gasteiger partial charge in [-0.05, 0) is 55.2 Å². The number of aryl methyl sites for hydroxylation is 3. The van der Waals surface area contributed by atoms with Gasteiger partial charge in [-0.1, -0.05) is 12.1 Å². The molecule has 6 nitrogen and oxygen atoms in total. The van der Waals surface area contributed by atoms with E-state index in [1.54, 1.807) is 21.3 Å². The lowest BCUT2D eigenvalue weighted by Gasteiger charge is -2.14. The first kappa shape index (κ1) is 21.6. The number of carbonyl (C=O) groups is 1. The number of methoxy groups -OCH3 is 3. The molecule has 0 aliphatic heterocycles. The minimum atomic E-state index is -0.0928. The second kappa shape index (κ2) is 9.63. The summed E-state index contributed by atoms with van der Waals surface area (Å²) in [6.07, 6.45) is 0.856. The van der Waals surface area contributed by atoms with Gasteiger partial charge in [0.05, 0.1) is 27.0 Å². The highest BCUT2D eigenvalue weighted by atomic mass is 32.1. The predicted octanol–water partition coefficient (Wildman–Crippen LogP) is 5.02. The second-order valence-corrected chi connectivity index (χ2v) is 7.78. The summed E-state index contributed by atoms with van der Waals surface area (Å²) in [6.45, 7) is 4.16. The minimum absolute atomic E-state index is 0.0928. The number of hydrogen-bond acceptors (Lipinski definition) is 6. The van der Waals surface area contributed by atoms with E-state index in [0.29, 0.717) is 35.2 Å². The summed E-state index contributed by atoms with van der Waals surface area (Å²) >= 11 is 1.42. The first-order chi connectivity index (χ1) is 14.4. The minimum Gasteiger partial charge on any atom is -0.493 e. The van der Waals surface area contributed by atoms with Crippen LogP contribution in [0, 0.1) is 13.8 Å². The Hall–Kier alpha value is -3.06. The number of rotatable bonds is 8. The van der Waals surface area contributed by atoms with Gasteiger partial charge in [0.25, 0.3) is 0 Å². The van der Waals surface area contributed by atoms with Gasteiger partial charge in [0.15, 0.2) is 16.6 Å². The zero-order valence-electron chi connectivity index (χ0n) is 17.9. The Morgan fingerprint density at radius 3 is 2.30 bits per heavy atom. The molecule has 1 amide bonds. The maximum absolute atomic E-state index is 12.4. The third-order valence-electron chi connectivity index (χ3n) is 4.92. The number of amides is 1. The van der Waals surface area contributed by atoms with Crippen molar-refractivity contribution in [3.05, 3.63) is 52.4 Å². The largest absolute Gasteiger partial charge is 0.493 e. The van der Waals surface area contributed by atoms with Gasteiger partial charge in [-0.25, -0.2) is 4.98 Å². The highest BCUT2D eigenvalue weighted by molar-refractivity contribution is 7.14. The Morgan fingerprint density at radius 1 is 1.00 bits per heavy atom. The summed E-state index contributed by atoms with van der Waals surface area (Å²) in [5.74, 6) is 1.59. The van der Waals surface area contributed by atoms with Crippen molar-refractivity contribution in [3.63, 3.8) is 0 Å². The fourth-order valence-electron chi connectivity index (χ4n) is 3.08. The number of thiazole rings is 1. The molecule has 0 saturated heterocycles. The Kier molecular flexibility index (Phi) is 6.95. The molecule has 0 fully saturated rings. The maximum atomic E-state index is 12.4. The number of benzene rings is 2. The molecular formula is C23H26N2O4S. The molecular weight excluding hydrogens is 400 g/mol. The first-order valence-electron chi connectivity index (χ1n) is 9.57. The Morgan fingerprint density at radius 2 is 1.70 bits per heavy atom. The zero-order valence-corrected chi connectivity index (χ0v) is 18.7. The molecule has 1 heterocycles. The van der Waals surface area contributed by atoms with Crippen LogP contribution in [-0.4, -0.2) is 32.2 Å². The third kappa shape index (κ3) is 4.91. The van der Waals surface area contributed by atoms with Gasteiger partial charge in [0.2, 0.25) is 11.7 Å². The maximum Gasteiger partial charge on any atom is 0.226 e. The number of carbonyl (C=O) groups excluding carboxylic acids is 1. The van der Waals surface area contributed by atoms with E-state index >= 15 is 0 Å². The van der Waals surface area contributed by atoms with Crippen molar-refractivity contribution in [1.82, 2.24) is 4.98 Å². The highest BCUT2D eigenvalue weighted by Gasteiger charge is 2.14. The molecule has 158 valence electrons. The van der Waals surface area contributed by atoms with Crippen molar-refractivity contribution in [3.8, 4) is 28.5 Å². The van der Waals surface area contributed by atoms with Crippen LogP contribution >= 0.6 is 11.3 Å². The normalized spacial score (nSPS) is 10.6. The van der Waals surface area contributed by atoms with Crippen molar-refractivity contribution >= 4 is 22.4 Å². The lowest BCUT2D eigenvalue weighted by Crippen LogP contribution is -2.12. The van der Waals surface area contributed by atoms with Crippen LogP contribution in [0.25, 0.3) is 11.3 Å². The van der Waals surface area contributed by atoms with Crippen LogP contribution in [-0.2, 0) is 11.2 Å². The van der Waals surface area contributed by atoms with Crippen LogP contribution in [0.4, 0.5) is 5.13 Å². The van der Waals surface area contributed by atoms with E-state index in [1.165, 1.54) is 22.5 Å². The molecule has 0 atom stereocenters. The van der Waals surface area contributed by atoms with E-state index in [0.717, 1.165) is 16.8 Å². The summed E-state index contributed by atoms with van der Waals surface area (Å²) in [5.41, 5.74) is 5.30. The molecule has 1 aromatic heterocycles. The number of anilines is 1. The van der Waals surface area contributed by atoms with Crippen LogP contribution < -0.4 is 19.5 Å². The molecule has 0 radical (unpaired) electrons. The molecule has 7 heteroatoms. The molecule has 3 aromatic rings. The van der Waals surface area contributed by atoms with Gasteiger partial charge in [0, 0.05) is 17.4 Å². The molecule has 0 aliphatic rings. The van der Waals surface area contributed by atoms with Crippen molar-refractivity contribution in [2.45, 2.75) is 26.7 Å². The van der Waals surface area contributed by atoms with Gasteiger partial charge in [-0.3, -0.25) is 4.79 Å². The van der Waals surface area contributed by atoms with Gasteiger partial charge < -0.3 is 19.5 Å². The SMILES string of the molecule is COc1cc(CCC(=O)Nc2nc(-c3ccc(C)c(C)c3)cs2)cc(OC)c1OC. The average molecular weight is 427 g/mol. The highest BCUT2D eigenvalue weighted by Crippen LogP contribution is 2.38. The fourth-order valence-corrected chi connectivity index (χ4v) is 3.82. The molecule has 0 bridgehead atoms. The van der Waals surface area contributed by atoms with Gasteiger partial charge in [-0.15, -0.1) is 11.3 Å². The van der Waals surface area contributed by atoms with E-state index in [-0.39, 0.29) is 5.91 Å². The van der Waals surface area contributed by atoms with E-state index < -0.39 is 0 Å². The Labute approximate surface area is 180 Å². The molecule has 0 saturated carbocycles. The van der Waals surface area contributed by atoms with Crippen molar-refractivity contribution in [2.24, 2.45) is 0 Å². The summed E-state index contributed by atoms with van der Waals surface area (Å²) in [7, 11) is 4.71. The lowest BCUT2D eigenvalue weighted by atomic mass is 10.1. The lowest BCUT2D eigenvalue weighted by molar-refractivity contribution is -0.116. The van der Waals surface area contributed by atoms with Crippen LogP contribution in [0.2, 0.25) is 0 Å². The number of hydrogen-bond donors (Lipinski definition) is 1. The molecule has 1 N–H and O–H groups in total. The molecule has 30 heavy (non-hydrogen) atoms. The number of nitrogens with one attached hydrogen (secondary N) is 1. The average Bonchev–Trinajstić information content (AvgIpc) is 3.21. The topological polar surface area (TPSA) is 69.7 Å². The van der Waals surface area contributed by atoms with Crippen LogP contribution in [0.1, 0.15) is 23.1 Å². The second-order valence-electron chi connectivity index (χ2n) is 6.92.